The van der Waals surface area contributed by atoms with E-state index < -0.39 is 12.0 Å². The summed E-state index contributed by atoms with van der Waals surface area (Å²) in [5, 5.41) is 12.3. The first-order valence-electron chi connectivity index (χ1n) is 13.7. The lowest BCUT2D eigenvalue weighted by Crippen LogP contribution is -2.41. The predicted octanol–water partition coefficient (Wildman–Crippen LogP) is 6.80. The molecule has 1 amide bonds. The molecule has 0 aromatic rings. The van der Waals surface area contributed by atoms with Crippen LogP contribution in [0.3, 0.4) is 0 Å². The summed E-state index contributed by atoms with van der Waals surface area (Å²) < 4.78 is 0. The zero-order valence-corrected chi connectivity index (χ0v) is 21.8. The van der Waals surface area contributed by atoms with Crippen LogP contribution < -0.4 is 5.32 Å². The minimum atomic E-state index is -0.767. The smallest absolute Gasteiger partial charge is 0.320 e. The van der Waals surface area contributed by atoms with Gasteiger partial charge in [-0.15, -0.1) is 0 Å². The third kappa shape index (κ3) is 18.5. The maximum Gasteiger partial charge on any atom is 0.320 e. The fourth-order valence-electron chi connectivity index (χ4n) is 4.34. The molecule has 0 aliphatic rings. The Bertz CT molecular complexity index is 450. The van der Waals surface area contributed by atoms with Gasteiger partial charge in [-0.2, -0.15) is 0 Å². The average Bonchev–Trinajstić information content (AvgIpc) is 2.75. The number of carbonyl (C=O) groups excluding carboxylic acids is 1. The van der Waals surface area contributed by atoms with Crippen molar-refractivity contribution < 1.29 is 14.7 Å². The van der Waals surface area contributed by atoms with Crippen LogP contribution in [-0.2, 0) is 9.59 Å². The Labute approximate surface area is 199 Å². The number of likely N-dealkylation sites (N-methyl/N-ethyl adjacent to an activating group) is 1. The first kappa shape index (κ1) is 30.9. The third-order valence-corrected chi connectivity index (χ3v) is 6.45. The lowest BCUT2D eigenvalue weighted by Gasteiger charge is -2.26. The molecule has 0 rings (SSSR count). The van der Waals surface area contributed by atoms with Gasteiger partial charge in [-0.05, 0) is 38.3 Å². The second kappa shape index (κ2) is 21.7. The number of hydrogen-bond donors (Lipinski definition) is 2. The van der Waals surface area contributed by atoms with Gasteiger partial charge in [-0.25, -0.2) is 0 Å². The highest BCUT2D eigenvalue weighted by Gasteiger charge is 2.22. The van der Waals surface area contributed by atoms with Gasteiger partial charge in [0.15, 0.2) is 0 Å². The van der Waals surface area contributed by atoms with Crippen molar-refractivity contribution in [2.75, 3.05) is 19.6 Å². The molecule has 0 spiro atoms. The van der Waals surface area contributed by atoms with Gasteiger partial charge in [0.2, 0.25) is 5.91 Å². The molecule has 0 bridgehead atoms. The van der Waals surface area contributed by atoms with E-state index in [1.165, 1.54) is 70.6 Å². The van der Waals surface area contributed by atoms with Gasteiger partial charge < -0.3 is 10.4 Å². The predicted molar refractivity (Wildman–Crippen MR) is 136 cm³/mol. The Morgan fingerprint density at radius 1 is 0.719 bits per heavy atom. The lowest BCUT2D eigenvalue weighted by molar-refractivity contribution is -0.143. The summed E-state index contributed by atoms with van der Waals surface area (Å²) in [6, 6.07) is -0.448. The number of nitrogens with zero attached hydrogens (tertiary/aromatic N) is 1. The van der Waals surface area contributed by atoms with Crippen molar-refractivity contribution in [3.8, 4) is 0 Å². The first-order valence-corrected chi connectivity index (χ1v) is 13.7. The van der Waals surface area contributed by atoms with E-state index in [0.717, 1.165) is 31.8 Å². The summed E-state index contributed by atoms with van der Waals surface area (Å²) in [4.78, 5) is 25.3. The highest BCUT2D eigenvalue weighted by atomic mass is 16.4. The molecule has 0 aromatic carbocycles. The normalized spacial score (nSPS) is 12.4. The second-order valence-electron chi connectivity index (χ2n) is 9.74. The van der Waals surface area contributed by atoms with E-state index in [0.29, 0.717) is 25.8 Å². The molecule has 32 heavy (non-hydrogen) atoms. The van der Waals surface area contributed by atoms with Gasteiger partial charge in [0.05, 0.1) is 0 Å². The molecule has 0 saturated heterocycles. The Morgan fingerprint density at radius 3 is 1.62 bits per heavy atom. The van der Waals surface area contributed by atoms with Crippen molar-refractivity contribution in [3.63, 3.8) is 0 Å². The molecular formula is C27H54N2O3. The van der Waals surface area contributed by atoms with E-state index in [-0.39, 0.29) is 5.91 Å². The number of nitrogens with one attached hydrogen (secondary N) is 1. The molecule has 2 N–H and O–H groups in total. The van der Waals surface area contributed by atoms with E-state index in [1.807, 2.05) is 18.7 Å². The zero-order chi connectivity index (χ0) is 24.0. The molecule has 5 heteroatoms. The average molecular weight is 455 g/mol. The number of aliphatic carboxylic acids is 1. The van der Waals surface area contributed by atoms with E-state index in [4.69, 9.17) is 0 Å². The highest BCUT2D eigenvalue weighted by molar-refractivity contribution is 5.75. The molecule has 5 nitrogen and oxygen atoms in total. The Morgan fingerprint density at radius 2 is 1.19 bits per heavy atom. The third-order valence-electron chi connectivity index (χ3n) is 6.45. The largest absolute Gasteiger partial charge is 0.480 e. The molecule has 0 aromatic heterocycles. The monoisotopic (exact) mass is 454 g/mol. The summed E-state index contributed by atoms with van der Waals surface area (Å²) in [5.41, 5.74) is 0. The molecule has 1 atom stereocenters. The number of amides is 1. The zero-order valence-electron chi connectivity index (χ0n) is 21.8. The molecule has 190 valence electrons. The van der Waals surface area contributed by atoms with Crippen LogP contribution >= 0.6 is 0 Å². The van der Waals surface area contributed by atoms with E-state index in [9.17, 15) is 14.7 Å². The van der Waals surface area contributed by atoms with E-state index in [1.54, 1.807) is 0 Å². The maximum absolute atomic E-state index is 12.0. The van der Waals surface area contributed by atoms with Crippen LogP contribution in [0, 0.1) is 5.92 Å². The van der Waals surface area contributed by atoms with Crippen LogP contribution in [0.2, 0.25) is 0 Å². The molecule has 0 aliphatic carbocycles. The van der Waals surface area contributed by atoms with Crippen molar-refractivity contribution in [2.24, 2.45) is 5.92 Å². The fraction of sp³-hybridized carbons (Fsp3) is 0.926. The maximum atomic E-state index is 12.0. The van der Waals surface area contributed by atoms with Crippen molar-refractivity contribution in [3.05, 3.63) is 0 Å². The number of hydrogen-bond acceptors (Lipinski definition) is 3. The van der Waals surface area contributed by atoms with Crippen LogP contribution in [0.15, 0.2) is 0 Å². The van der Waals surface area contributed by atoms with Crippen LogP contribution in [0.1, 0.15) is 130 Å². The number of unbranched alkanes of at least 4 members (excludes halogenated alkanes) is 11. The Hall–Kier alpha value is -1.10. The fourth-order valence-corrected chi connectivity index (χ4v) is 4.34. The number of carboxylic acids is 1. The van der Waals surface area contributed by atoms with Crippen molar-refractivity contribution in [1.82, 2.24) is 10.2 Å². The number of carboxylic acid groups (broad SMARTS) is 1. The van der Waals surface area contributed by atoms with E-state index >= 15 is 0 Å². The molecule has 0 aliphatic heterocycles. The van der Waals surface area contributed by atoms with Gasteiger partial charge in [0, 0.05) is 13.0 Å². The minimum absolute atomic E-state index is 0.105. The summed E-state index contributed by atoms with van der Waals surface area (Å²) in [5.74, 6) is 0.191. The highest BCUT2D eigenvalue weighted by Crippen LogP contribution is 2.14. The van der Waals surface area contributed by atoms with Crippen molar-refractivity contribution in [2.45, 2.75) is 136 Å². The van der Waals surface area contributed by atoms with Gasteiger partial charge in [0.1, 0.15) is 6.04 Å². The summed E-state index contributed by atoms with van der Waals surface area (Å²) in [7, 11) is 0. The Kier molecular flexibility index (Phi) is 21.0. The van der Waals surface area contributed by atoms with Gasteiger partial charge in [-0.3, -0.25) is 14.5 Å². The lowest BCUT2D eigenvalue weighted by atomic mass is 10.0. The number of rotatable bonds is 23. The van der Waals surface area contributed by atoms with Crippen molar-refractivity contribution >= 4 is 11.9 Å². The van der Waals surface area contributed by atoms with Crippen molar-refractivity contribution in [1.29, 1.82) is 0 Å². The van der Waals surface area contributed by atoms with Crippen LogP contribution in [0.25, 0.3) is 0 Å². The van der Waals surface area contributed by atoms with Gasteiger partial charge >= 0.3 is 5.97 Å². The van der Waals surface area contributed by atoms with Crippen LogP contribution in [-0.4, -0.2) is 47.6 Å². The first-order chi connectivity index (χ1) is 15.4. The quantitative estimate of drug-likeness (QED) is 0.167. The SMILES string of the molecule is CCN(CC)C(CCCNC(=O)CCCCCCCCCCCCCCC(C)C)C(=O)O. The Balaban J connectivity index is 3.47. The molecule has 0 saturated carbocycles. The second-order valence-corrected chi connectivity index (χ2v) is 9.74. The standard InChI is InChI=1S/C27H54N2O3/c1-5-29(6-2)25(27(31)32)21-19-23-28-26(30)22-18-16-14-12-10-8-7-9-11-13-15-17-20-24(3)4/h24-25H,5-23H2,1-4H3,(H,28,30)(H,31,32). The minimum Gasteiger partial charge on any atom is -0.480 e. The summed E-state index contributed by atoms with van der Waals surface area (Å²) in [6.45, 7) is 10.6. The molecular weight excluding hydrogens is 400 g/mol. The van der Waals surface area contributed by atoms with Crippen LogP contribution in [0.4, 0.5) is 0 Å². The van der Waals surface area contributed by atoms with Crippen LogP contribution in [0.5, 0.6) is 0 Å². The number of carbonyl (C=O) groups is 2. The molecule has 0 heterocycles. The van der Waals surface area contributed by atoms with Gasteiger partial charge in [0.25, 0.3) is 0 Å². The summed E-state index contributed by atoms with van der Waals surface area (Å²) in [6.07, 6.45) is 18.9. The molecule has 1 unspecified atom stereocenters. The summed E-state index contributed by atoms with van der Waals surface area (Å²) >= 11 is 0. The molecule has 0 fully saturated rings. The topological polar surface area (TPSA) is 69.6 Å². The molecule has 0 radical (unpaired) electrons. The van der Waals surface area contributed by atoms with E-state index in [2.05, 4.69) is 19.2 Å². The van der Waals surface area contributed by atoms with Gasteiger partial charge in [-0.1, -0.05) is 105 Å².